The van der Waals surface area contributed by atoms with Crippen molar-refractivity contribution in [1.82, 2.24) is 9.88 Å². The molecule has 1 aliphatic carbocycles. The van der Waals surface area contributed by atoms with Gasteiger partial charge in [-0.15, -0.1) is 0 Å². The standard InChI is InChI=1S/C20H22F2N2O/c21-18-7-6-14(9-19(18)22)11-24-12-16-3-1-4-17(13-24)20(16,25)15-5-2-8-23-10-15/h2,5-10,16-17,25H,1,3-4,11-13H2. The second kappa shape index (κ2) is 6.46. The summed E-state index contributed by atoms with van der Waals surface area (Å²) in [6, 6.07) is 7.92. The third kappa shape index (κ3) is 2.96. The highest BCUT2D eigenvalue weighted by atomic mass is 19.2. The predicted molar refractivity (Wildman–Crippen MR) is 90.6 cm³/mol. The lowest BCUT2D eigenvalue weighted by Gasteiger charge is -2.53. The van der Waals surface area contributed by atoms with Crippen LogP contribution in [0.25, 0.3) is 0 Å². The molecule has 132 valence electrons. The maximum Gasteiger partial charge on any atom is 0.159 e. The smallest absolute Gasteiger partial charge is 0.159 e. The first kappa shape index (κ1) is 16.6. The largest absolute Gasteiger partial charge is 0.384 e. The summed E-state index contributed by atoms with van der Waals surface area (Å²) in [5, 5.41) is 11.5. The lowest BCUT2D eigenvalue weighted by Crippen LogP contribution is -2.57. The molecule has 2 atom stereocenters. The van der Waals surface area contributed by atoms with Crippen LogP contribution in [0.5, 0.6) is 0 Å². The molecule has 25 heavy (non-hydrogen) atoms. The molecule has 4 rings (SSSR count). The van der Waals surface area contributed by atoms with E-state index in [0.717, 1.165) is 43.5 Å². The molecule has 2 aliphatic rings. The number of aliphatic hydroxyl groups is 1. The van der Waals surface area contributed by atoms with Gasteiger partial charge in [0.25, 0.3) is 0 Å². The molecular formula is C20H22F2N2O. The number of benzene rings is 1. The van der Waals surface area contributed by atoms with E-state index in [-0.39, 0.29) is 11.8 Å². The minimum Gasteiger partial charge on any atom is -0.384 e. The lowest BCUT2D eigenvalue weighted by atomic mass is 9.63. The van der Waals surface area contributed by atoms with Gasteiger partial charge in [-0.25, -0.2) is 8.78 Å². The van der Waals surface area contributed by atoms with E-state index in [9.17, 15) is 13.9 Å². The summed E-state index contributed by atoms with van der Waals surface area (Å²) in [6.07, 6.45) is 6.56. The molecule has 2 aromatic rings. The lowest BCUT2D eigenvalue weighted by molar-refractivity contribution is -0.148. The Bertz CT molecular complexity index is 739. The molecule has 5 heteroatoms. The maximum absolute atomic E-state index is 13.5. The van der Waals surface area contributed by atoms with Crippen LogP contribution >= 0.6 is 0 Å². The average molecular weight is 344 g/mol. The van der Waals surface area contributed by atoms with E-state index in [0.29, 0.717) is 6.54 Å². The zero-order valence-electron chi connectivity index (χ0n) is 14.0. The van der Waals surface area contributed by atoms with Crippen molar-refractivity contribution in [1.29, 1.82) is 0 Å². The van der Waals surface area contributed by atoms with Gasteiger partial charge < -0.3 is 5.11 Å². The molecule has 1 aliphatic heterocycles. The molecule has 3 nitrogen and oxygen atoms in total. The third-order valence-electron chi connectivity index (χ3n) is 5.82. The van der Waals surface area contributed by atoms with Crippen LogP contribution in [0, 0.1) is 23.5 Å². The Kier molecular flexibility index (Phi) is 4.29. The van der Waals surface area contributed by atoms with Crippen molar-refractivity contribution in [2.45, 2.75) is 31.4 Å². The molecule has 1 N–H and O–H groups in total. The molecule has 0 radical (unpaired) electrons. The Balaban J connectivity index is 1.56. The van der Waals surface area contributed by atoms with Gasteiger partial charge in [0.15, 0.2) is 11.6 Å². The fourth-order valence-corrected chi connectivity index (χ4v) is 4.64. The van der Waals surface area contributed by atoms with E-state index in [2.05, 4.69) is 9.88 Å². The molecule has 1 saturated heterocycles. The number of rotatable bonds is 3. The van der Waals surface area contributed by atoms with Crippen LogP contribution < -0.4 is 0 Å². The van der Waals surface area contributed by atoms with Crippen LogP contribution in [0.4, 0.5) is 8.78 Å². The van der Waals surface area contributed by atoms with E-state index >= 15 is 0 Å². The quantitative estimate of drug-likeness (QED) is 0.926. The van der Waals surface area contributed by atoms with Crippen LogP contribution in [0.1, 0.15) is 30.4 Å². The van der Waals surface area contributed by atoms with Crippen LogP contribution in [-0.2, 0) is 12.1 Å². The van der Waals surface area contributed by atoms with E-state index < -0.39 is 17.2 Å². The highest BCUT2D eigenvalue weighted by Crippen LogP contribution is 2.49. The first-order chi connectivity index (χ1) is 12.1. The van der Waals surface area contributed by atoms with Crippen LogP contribution in [0.15, 0.2) is 42.7 Å². The van der Waals surface area contributed by atoms with Crippen molar-refractivity contribution in [3.63, 3.8) is 0 Å². The Morgan fingerprint density at radius 2 is 1.88 bits per heavy atom. The highest BCUT2D eigenvalue weighted by Gasteiger charge is 2.51. The summed E-state index contributed by atoms with van der Waals surface area (Å²) >= 11 is 0. The first-order valence-corrected chi connectivity index (χ1v) is 8.86. The average Bonchev–Trinajstić information content (AvgIpc) is 2.60. The number of piperidine rings is 1. The summed E-state index contributed by atoms with van der Waals surface area (Å²) in [5.41, 5.74) is 0.831. The summed E-state index contributed by atoms with van der Waals surface area (Å²) in [4.78, 5) is 6.44. The Morgan fingerprint density at radius 3 is 2.52 bits per heavy atom. The van der Waals surface area contributed by atoms with Gasteiger partial charge in [-0.2, -0.15) is 0 Å². The summed E-state index contributed by atoms with van der Waals surface area (Å²) in [6.45, 7) is 2.08. The number of hydrogen-bond acceptors (Lipinski definition) is 3. The third-order valence-corrected chi connectivity index (χ3v) is 5.82. The summed E-state index contributed by atoms with van der Waals surface area (Å²) < 4.78 is 26.6. The molecule has 2 bridgehead atoms. The minimum absolute atomic E-state index is 0.134. The number of nitrogens with zero attached hydrogens (tertiary/aromatic N) is 2. The molecule has 1 aromatic heterocycles. The van der Waals surface area contributed by atoms with Gasteiger partial charge in [0.1, 0.15) is 0 Å². The predicted octanol–water partition coefficient (Wildman–Crippen LogP) is 3.48. The van der Waals surface area contributed by atoms with Crippen LogP contribution in [0.2, 0.25) is 0 Å². The van der Waals surface area contributed by atoms with Gasteiger partial charge >= 0.3 is 0 Å². The zero-order valence-corrected chi connectivity index (χ0v) is 14.0. The molecule has 2 heterocycles. The Labute approximate surface area is 146 Å². The number of fused-ring (bicyclic) bond motifs is 2. The summed E-state index contributed by atoms with van der Waals surface area (Å²) in [7, 11) is 0. The zero-order chi connectivity index (χ0) is 17.4. The maximum atomic E-state index is 13.5. The number of halogens is 2. The van der Waals surface area contributed by atoms with Crippen molar-refractivity contribution in [3.05, 3.63) is 65.5 Å². The molecule has 0 spiro atoms. The van der Waals surface area contributed by atoms with Crippen molar-refractivity contribution < 1.29 is 13.9 Å². The van der Waals surface area contributed by atoms with Gasteiger partial charge in [-0.3, -0.25) is 9.88 Å². The SMILES string of the molecule is OC1(c2cccnc2)C2CCCC1CN(Cc1ccc(F)c(F)c1)C2. The van der Waals surface area contributed by atoms with E-state index in [1.54, 1.807) is 18.5 Å². The van der Waals surface area contributed by atoms with Crippen molar-refractivity contribution in [2.24, 2.45) is 11.8 Å². The fraction of sp³-hybridized carbons (Fsp3) is 0.450. The van der Waals surface area contributed by atoms with Gasteiger partial charge in [0, 0.05) is 49.4 Å². The number of likely N-dealkylation sites (tertiary alicyclic amines) is 1. The van der Waals surface area contributed by atoms with Gasteiger partial charge in [0.05, 0.1) is 5.60 Å². The number of hydrogen-bond donors (Lipinski definition) is 1. The van der Waals surface area contributed by atoms with Crippen molar-refractivity contribution in [3.8, 4) is 0 Å². The molecule has 1 saturated carbocycles. The van der Waals surface area contributed by atoms with E-state index in [1.165, 1.54) is 12.1 Å². The summed E-state index contributed by atoms with van der Waals surface area (Å²) in [5.74, 6) is -1.35. The topological polar surface area (TPSA) is 36.4 Å². The van der Waals surface area contributed by atoms with Gasteiger partial charge in [-0.05, 0) is 36.6 Å². The monoisotopic (exact) mass is 344 g/mol. The van der Waals surface area contributed by atoms with E-state index in [1.807, 2.05) is 12.1 Å². The minimum atomic E-state index is -0.836. The van der Waals surface area contributed by atoms with E-state index in [4.69, 9.17) is 0 Å². The van der Waals surface area contributed by atoms with Crippen LogP contribution in [0.3, 0.4) is 0 Å². The molecular weight excluding hydrogens is 322 g/mol. The van der Waals surface area contributed by atoms with Crippen molar-refractivity contribution >= 4 is 0 Å². The van der Waals surface area contributed by atoms with Gasteiger partial charge in [-0.1, -0.05) is 18.6 Å². The second-order valence-electron chi connectivity index (χ2n) is 7.33. The first-order valence-electron chi connectivity index (χ1n) is 8.86. The normalized spacial score (nSPS) is 29.6. The molecule has 2 unspecified atom stereocenters. The van der Waals surface area contributed by atoms with Crippen molar-refractivity contribution in [2.75, 3.05) is 13.1 Å². The molecule has 2 fully saturated rings. The second-order valence-corrected chi connectivity index (χ2v) is 7.33. The molecule has 0 amide bonds. The fourth-order valence-electron chi connectivity index (χ4n) is 4.64. The molecule has 1 aromatic carbocycles. The van der Waals surface area contributed by atoms with Crippen LogP contribution in [-0.4, -0.2) is 28.1 Å². The Morgan fingerprint density at radius 1 is 1.12 bits per heavy atom. The van der Waals surface area contributed by atoms with Gasteiger partial charge in [0.2, 0.25) is 0 Å². The highest BCUT2D eigenvalue weighted by molar-refractivity contribution is 5.24. The number of pyridine rings is 1. The number of aromatic nitrogens is 1. The Hall–Kier alpha value is -1.85.